The fourth-order valence-corrected chi connectivity index (χ4v) is 2.45. The van der Waals surface area contributed by atoms with E-state index in [1.54, 1.807) is 11.0 Å². The molecule has 0 radical (unpaired) electrons. The number of nitrogens with two attached hydrogens (primary N) is 1. The van der Waals surface area contributed by atoms with E-state index in [1.165, 1.54) is 18.2 Å². The molecular weight excluding hydrogens is 280 g/mol. The summed E-state index contributed by atoms with van der Waals surface area (Å²) >= 11 is 0. The van der Waals surface area contributed by atoms with Crippen molar-refractivity contribution in [1.82, 2.24) is 9.80 Å². The Morgan fingerprint density at radius 1 is 1.48 bits per heavy atom. The van der Waals surface area contributed by atoms with Crippen LogP contribution in [0.4, 0.5) is 8.78 Å². The fraction of sp³-hybridized carbons (Fsp3) is 0.500. The number of carbonyl (C=O) groups is 1. The maximum absolute atomic E-state index is 12.5. The molecule has 1 amide bonds. The van der Waals surface area contributed by atoms with E-state index in [9.17, 15) is 13.6 Å². The van der Waals surface area contributed by atoms with Gasteiger partial charge in [-0.3, -0.25) is 4.79 Å². The standard InChI is InChI=1S/C14H19F2N3O2/c1-18-5-6-19(11(8-17)9-18)13(20)10-3-2-4-12(7-10)21-14(15)16/h2-4,7,11,14H,5-6,8-9,17H2,1H3. The molecule has 1 atom stereocenters. The third kappa shape index (κ3) is 3.89. The zero-order valence-electron chi connectivity index (χ0n) is 11.8. The smallest absolute Gasteiger partial charge is 0.387 e. The van der Waals surface area contributed by atoms with Gasteiger partial charge in [-0.2, -0.15) is 8.78 Å². The number of hydrogen-bond donors (Lipinski definition) is 1. The van der Waals surface area contributed by atoms with Gasteiger partial charge < -0.3 is 20.3 Å². The first-order chi connectivity index (χ1) is 10.0. The molecule has 0 aromatic heterocycles. The molecule has 1 heterocycles. The van der Waals surface area contributed by atoms with E-state index >= 15 is 0 Å². The number of ether oxygens (including phenoxy) is 1. The van der Waals surface area contributed by atoms with E-state index in [0.717, 1.165) is 6.54 Å². The second-order valence-electron chi connectivity index (χ2n) is 5.06. The Bertz CT molecular complexity index is 499. The monoisotopic (exact) mass is 299 g/mol. The highest BCUT2D eigenvalue weighted by molar-refractivity contribution is 5.95. The predicted octanol–water partition coefficient (Wildman–Crippen LogP) is 1.00. The zero-order chi connectivity index (χ0) is 15.4. The molecule has 21 heavy (non-hydrogen) atoms. The van der Waals surface area contributed by atoms with Gasteiger partial charge >= 0.3 is 6.61 Å². The van der Waals surface area contributed by atoms with E-state index in [4.69, 9.17) is 5.73 Å². The van der Waals surface area contributed by atoms with Crippen LogP contribution in [0.3, 0.4) is 0 Å². The largest absolute Gasteiger partial charge is 0.435 e. The van der Waals surface area contributed by atoms with Crippen molar-refractivity contribution in [3.63, 3.8) is 0 Å². The first-order valence-corrected chi connectivity index (χ1v) is 6.75. The van der Waals surface area contributed by atoms with Crippen molar-refractivity contribution in [3.8, 4) is 5.75 Å². The van der Waals surface area contributed by atoms with Gasteiger partial charge in [0.05, 0.1) is 6.04 Å². The molecule has 0 spiro atoms. The summed E-state index contributed by atoms with van der Waals surface area (Å²) in [5.41, 5.74) is 6.05. The molecule has 116 valence electrons. The Balaban J connectivity index is 2.15. The van der Waals surface area contributed by atoms with Gasteiger partial charge in [0.1, 0.15) is 5.75 Å². The van der Waals surface area contributed by atoms with Crippen molar-refractivity contribution in [3.05, 3.63) is 29.8 Å². The van der Waals surface area contributed by atoms with Gasteiger partial charge in [-0.15, -0.1) is 0 Å². The van der Waals surface area contributed by atoms with Gasteiger partial charge in [0, 0.05) is 31.7 Å². The lowest BCUT2D eigenvalue weighted by molar-refractivity contribution is -0.0499. The van der Waals surface area contributed by atoms with Crippen LogP contribution in [0.2, 0.25) is 0 Å². The summed E-state index contributed by atoms with van der Waals surface area (Å²) in [6.07, 6.45) is 0. The maximum atomic E-state index is 12.5. The quantitative estimate of drug-likeness (QED) is 0.901. The van der Waals surface area contributed by atoms with Crippen LogP contribution in [0.15, 0.2) is 24.3 Å². The first-order valence-electron chi connectivity index (χ1n) is 6.75. The minimum Gasteiger partial charge on any atom is -0.435 e. The van der Waals surface area contributed by atoms with Crippen molar-refractivity contribution < 1.29 is 18.3 Å². The van der Waals surface area contributed by atoms with Crippen LogP contribution in [-0.2, 0) is 0 Å². The molecule has 0 bridgehead atoms. The number of nitrogens with zero attached hydrogens (tertiary/aromatic N) is 2. The average Bonchev–Trinajstić information content (AvgIpc) is 2.46. The molecule has 7 heteroatoms. The second-order valence-corrected chi connectivity index (χ2v) is 5.06. The van der Waals surface area contributed by atoms with Crippen LogP contribution >= 0.6 is 0 Å². The predicted molar refractivity (Wildman–Crippen MR) is 74.4 cm³/mol. The average molecular weight is 299 g/mol. The van der Waals surface area contributed by atoms with E-state index in [2.05, 4.69) is 9.64 Å². The third-order valence-corrected chi connectivity index (χ3v) is 3.52. The number of amides is 1. The van der Waals surface area contributed by atoms with Crippen molar-refractivity contribution in [1.29, 1.82) is 0 Å². The summed E-state index contributed by atoms with van der Waals surface area (Å²) < 4.78 is 28.8. The van der Waals surface area contributed by atoms with E-state index in [-0.39, 0.29) is 17.7 Å². The number of halogens is 2. The van der Waals surface area contributed by atoms with Gasteiger partial charge in [0.15, 0.2) is 0 Å². The lowest BCUT2D eigenvalue weighted by atomic mass is 10.1. The summed E-state index contributed by atoms with van der Waals surface area (Å²) in [7, 11) is 1.97. The molecule has 5 nitrogen and oxygen atoms in total. The SMILES string of the molecule is CN1CCN(C(=O)c2cccc(OC(F)F)c2)C(CN)C1. The number of piperazine rings is 1. The highest BCUT2D eigenvalue weighted by Gasteiger charge is 2.28. The van der Waals surface area contributed by atoms with Crippen LogP contribution in [0.1, 0.15) is 10.4 Å². The Kier molecular flexibility index (Phi) is 5.08. The molecule has 2 rings (SSSR count). The number of hydrogen-bond acceptors (Lipinski definition) is 4. The summed E-state index contributed by atoms with van der Waals surface area (Å²) in [6, 6.07) is 5.77. The molecule has 1 aliphatic heterocycles. The lowest BCUT2D eigenvalue weighted by Crippen LogP contribution is -2.56. The second kappa shape index (κ2) is 6.82. The van der Waals surface area contributed by atoms with Crippen LogP contribution in [0.25, 0.3) is 0 Å². The minimum absolute atomic E-state index is 0.0192. The number of likely N-dealkylation sites (N-methyl/N-ethyl adjacent to an activating group) is 1. The lowest BCUT2D eigenvalue weighted by Gasteiger charge is -2.39. The Hall–Kier alpha value is -1.73. The van der Waals surface area contributed by atoms with Crippen LogP contribution in [0.5, 0.6) is 5.75 Å². The normalized spacial score (nSPS) is 19.9. The Labute approximate surface area is 122 Å². The molecule has 1 aromatic carbocycles. The molecule has 1 fully saturated rings. The number of carbonyl (C=O) groups excluding carboxylic acids is 1. The van der Waals surface area contributed by atoms with Gasteiger partial charge in [0.2, 0.25) is 0 Å². The summed E-state index contributed by atoms with van der Waals surface area (Å²) in [6.45, 7) is -0.512. The van der Waals surface area contributed by atoms with Crippen molar-refractivity contribution in [2.24, 2.45) is 5.73 Å². The highest BCUT2D eigenvalue weighted by Crippen LogP contribution is 2.19. The van der Waals surface area contributed by atoms with Crippen LogP contribution < -0.4 is 10.5 Å². The van der Waals surface area contributed by atoms with Crippen molar-refractivity contribution in [2.75, 3.05) is 33.2 Å². The minimum atomic E-state index is -2.91. The molecule has 1 aliphatic rings. The molecular formula is C14H19F2N3O2. The molecule has 1 aromatic rings. The fourth-order valence-electron chi connectivity index (χ4n) is 2.45. The number of benzene rings is 1. The summed E-state index contributed by atoms with van der Waals surface area (Å²) in [5, 5.41) is 0. The zero-order valence-corrected chi connectivity index (χ0v) is 11.8. The van der Waals surface area contributed by atoms with E-state index in [0.29, 0.717) is 25.2 Å². The van der Waals surface area contributed by atoms with E-state index < -0.39 is 6.61 Å². The van der Waals surface area contributed by atoms with E-state index in [1.807, 2.05) is 7.05 Å². The Morgan fingerprint density at radius 3 is 2.90 bits per heavy atom. The third-order valence-electron chi connectivity index (χ3n) is 3.52. The summed E-state index contributed by atoms with van der Waals surface area (Å²) in [5.74, 6) is -0.229. The topological polar surface area (TPSA) is 58.8 Å². The van der Waals surface area contributed by atoms with Gasteiger partial charge in [-0.25, -0.2) is 0 Å². The van der Waals surface area contributed by atoms with Gasteiger partial charge in [0.25, 0.3) is 5.91 Å². The Morgan fingerprint density at radius 2 is 2.24 bits per heavy atom. The van der Waals surface area contributed by atoms with Crippen LogP contribution in [-0.4, -0.2) is 61.6 Å². The van der Waals surface area contributed by atoms with Gasteiger partial charge in [-0.05, 0) is 25.2 Å². The molecule has 0 saturated carbocycles. The highest BCUT2D eigenvalue weighted by atomic mass is 19.3. The maximum Gasteiger partial charge on any atom is 0.387 e. The molecule has 2 N–H and O–H groups in total. The number of alkyl halides is 2. The van der Waals surface area contributed by atoms with Crippen molar-refractivity contribution >= 4 is 5.91 Å². The molecule has 1 unspecified atom stereocenters. The van der Waals surface area contributed by atoms with Crippen LogP contribution in [0, 0.1) is 0 Å². The summed E-state index contributed by atoms with van der Waals surface area (Å²) in [4.78, 5) is 16.3. The molecule has 1 saturated heterocycles. The van der Waals surface area contributed by atoms with Gasteiger partial charge in [-0.1, -0.05) is 6.07 Å². The molecule has 0 aliphatic carbocycles. The van der Waals surface area contributed by atoms with Crippen molar-refractivity contribution in [2.45, 2.75) is 12.7 Å². The first kappa shape index (κ1) is 15.7. The number of rotatable bonds is 4.